The zero-order valence-electron chi connectivity index (χ0n) is 15.6. The lowest BCUT2D eigenvalue weighted by Gasteiger charge is -2.11. The van der Waals surface area contributed by atoms with Crippen LogP contribution in [0.25, 0.3) is 0 Å². The number of carbonyl (C=O) groups excluding carboxylic acids is 2. The van der Waals surface area contributed by atoms with Crippen LogP contribution in [0.3, 0.4) is 0 Å². The van der Waals surface area contributed by atoms with Crippen molar-refractivity contribution in [1.82, 2.24) is 0 Å². The highest BCUT2D eigenvalue weighted by molar-refractivity contribution is 5.92. The Morgan fingerprint density at radius 2 is 1.62 bits per heavy atom. The fraction of sp³-hybridized carbons (Fsp3) is 0.130. The van der Waals surface area contributed by atoms with E-state index in [1.807, 2.05) is 48.5 Å². The van der Waals surface area contributed by atoms with E-state index in [-0.39, 0.29) is 12.3 Å². The highest BCUT2D eigenvalue weighted by atomic mass is 19.1. The summed E-state index contributed by atoms with van der Waals surface area (Å²) in [5.74, 6) is -1.12. The van der Waals surface area contributed by atoms with Crippen LogP contribution in [0.4, 0.5) is 10.1 Å². The molecule has 3 aromatic carbocycles. The fourth-order valence-electron chi connectivity index (χ4n) is 2.69. The zero-order valence-corrected chi connectivity index (χ0v) is 15.6. The lowest BCUT2D eigenvalue weighted by atomic mass is 10.0. The molecule has 0 spiro atoms. The summed E-state index contributed by atoms with van der Waals surface area (Å²) in [5.41, 5.74) is 2.35. The van der Waals surface area contributed by atoms with E-state index in [4.69, 9.17) is 9.47 Å². The zero-order chi connectivity index (χ0) is 20.5. The standard InChI is InChI=1S/C23H20FNO4/c24-19-10-6-11-20(14-19)25-22(26)15-29-23(27)16-28-21-12-5-4-9-18(21)13-17-7-2-1-3-8-17/h1-12,14H,13,15-16H2,(H,25,26). The van der Waals surface area contributed by atoms with Crippen LogP contribution in [-0.2, 0) is 20.7 Å². The number of para-hydroxylation sites is 1. The summed E-state index contributed by atoms with van der Waals surface area (Å²) >= 11 is 0. The van der Waals surface area contributed by atoms with Gasteiger partial charge in [-0.1, -0.05) is 54.6 Å². The largest absolute Gasteiger partial charge is 0.482 e. The average molecular weight is 393 g/mol. The quantitative estimate of drug-likeness (QED) is 0.588. The summed E-state index contributed by atoms with van der Waals surface area (Å²) in [5, 5.41) is 2.45. The van der Waals surface area contributed by atoms with Crippen LogP contribution in [0.15, 0.2) is 78.9 Å². The van der Waals surface area contributed by atoms with Gasteiger partial charge in [0.25, 0.3) is 5.91 Å². The number of carbonyl (C=O) groups is 2. The molecule has 0 saturated heterocycles. The number of ether oxygens (including phenoxy) is 2. The van der Waals surface area contributed by atoms with Crippen LogP contribution in [0.5, 0.6) is 5.75 Å². The Hall–Kier alpha value is -3.67. The van der Waals surface area contributed by atoms with Crippen molar-refractivity contribution in [2.45, 2.75) is 6.42 Å². The minimum Gasteiger partial charge on any atom is -0.482 e. The maximum Gasteiger partial charge on any atom is 0.344 e. The van der Waals surface area contributed by atoms with Gasteiger partial charge in [0.1, 0.15) is 11.6 Å². The molecule has 6 heteroatoms. The normalized spacial score (nSPS) is 10.2. The van der Waals surface area contributed by atoms with Gasteiger partial charge < -0.3 is 14.8 Å². The summed E-state index contributed by atoms with van der Waals surface area (Å²) in [4.78, 5) is 23.7. The maximum absolute atomic E-state index is 13.1. The first-order valence-electron chi connectivity index (χ1n) is 9.06. The first-order valence-corrected chi connectivity index (χ1v) is 9.06. The minimum absolute atomic E-state index is 0.289. The predicted octanol–water partition coefficient (Wildman–Crippen LogP) is 3.98. The maximum atomic E-state index is 13.1. The molecule has 3 aromatic rings. The molecule has 1 amide bonds. The van der Waals surface area contributed by atoms with E-state index in [2.05, 4.69) is 5.32 Å². The van der Waals surface area contributed by atoms with Crippen LogP contribution in [0.2, 0.25) is 0 Å². The SMILES string of the molecule is O=C(COC(=O)COc1ccccc1Cc1ccccc1)Nc1cccc(F)c1. The predicted molar refractivity (Wildman–Crippen MR) is 107 cm³/mol. The Labute approximate surface area is 168 Å². The molecule has 0 radical (unpaired) electrons. The number of hydrogen-bond acceptors (Lipinski definition) is 4. The molecule has 1 N–H and O–H groups in total. The van der Waals surface area contributed by atoms with Crippen LogP contribution < -0.4 is 10.1 Å². The van der Waals surface area contributed by atoms with Gasteiger partial charge in [-0.25, -0.2) is 9.18 Å². The van der Waals surface area contributed by atoms with Gasteiger partial charge in [-0.2, -0.15) is 0 Å². The van der Waals surface area contributed by atoms with E-state index < -0.39 is 24.3 Å². The van der Waals surface area contributed by atoms with Crippen molar-refractivity contribution in [2.24, 2.45) is 0 Å². The van der Waals surface area contributed by atoms with Crippen molar-refractivity contribution in [2.75, 3.05) is 18.5 Å². The van der Waals surface area contributed by atoms with Crippen LogP contribution >= 0.6 is 0 Å². The molecule has 0 aliphatic carbocycles. The van der Waals surface area contributed by atoms with Crippen molar-refractivity contribution >= 4 is 17.6 Å². The summed E-state index contributed by atoms with van der Waals surface area (Å²) in [6.07, 6.45) is 0.669. The Kier molecular flexibility index (Phi) is 6.95. The Morgan fingerprint density at radius 1 is 0.862 bits per heavy atom. The van der Waals surface area contributed by atoms with Crippen molar-refractivity contribution in [3.05, 3.63) is 95.8 Å². The van der Waals surface area contributed by atoms with Crippen LogP contribution in [-0.4, -0.2) is 25.1 Å². The van der Waals surface area contributed by atoms with Crippen LogP contribution in [0.1, 0.15) is 11.1 Å². The number of halogens is 1. The van der Waals surface area contributed by atoms with Gasteiger partial charge in [-0.15, -0.1) is 0 Å². The highest BCUT2D eigenvalue weighted by Gasteiger charge is 2.11. The van der Waals surface area contributed by atoms with Crippen molar-refractivity contribution in [3.63, 3.8) is 0 Å². The second kappa shape index (κ2) is 10.0. The minimum atomic E-state index is -0.672. The topological polar surface area (TPSA) is 64.6 Å². The van der Waals surface area contributed by atoms with Crippen molar-refractivity contribution in [3.8, 4) is 5.75 Å². The summed E-state index contributed by atoms with van der Waals surface area (Å²) in [7, 11) is 0. The van der Waals surface area contributed by atoms with Crippen molar-refractivity contribution in [1.29, 1.82) is 0 Å². The highest BCUT2D eigenvalue weighted by Crippen LogP contribution is 2.21. The molecule has 148 valence electrons. The monoisotopic (exact) mass is 393 g/mol. The number of esters is 1. The Bertz CT molecular complexity index is 975. The summed E-state index contributed by atoms with van der Waals surface area (Å²) < 4.78 is 23.6. The summed E-state index contributed by atoms with van der Waals surface area (Å²) in [6.45, 7) is -0.802. The molecule has 3 rings (SSSR count). The Balaban J connectivity index is 1.47. The number of benzene rings is 3. The lowest BCUT2D eigenvalue weighted by Crippen LogP contribution is -2.23. The van der Waals surface area contributed by atoms with Crippen LogP contribution in [0, 0.1) is 5.82 Å². The number of rotatable bonds is 8. The molecule has 0 saturated carbocycles. The molecule has 0 atom stereocenters. The third-order valence-corrected chi connectivity index (χ3v) is 4.03. The molecule has 29 heavy (non-hydrogen) atoms. The van der Waals surface area contributed by atoms with E-state index in [0.717, 1.165) is 11.1 Å². The third kappa shape index (κ3) is 6.46. The van der Waals surface area contributed by atoms with E-state index in [1.54, 1.807) is 6.07 Å². The number of nitrogens with one attached hydrogen (secondary N) is 1. The fourth-order valence-corrected chi connectivity index (χ4v) is 2.69. The van der Waals surface area contributed by atoms with E-state index in [9.17, 15) is 14.0 Å². The second-order valence-electron chi connectivity index (χ2n) is 6.28. The van der Waals surface area contributed by atoms with Gasteiger partial charge in [0.05, 0.1) is 0 Å². The van der Waals surface area contributed by atoms with Gasteiger partial charge in [0, 0.05) is 12.1 Å². The lowest BCUT2D eigenvalue weighted by molar-refractivity contribution is -0.149. The van der Waals surface area contributed by atoms with Crippen molar-refractivity contribution < 1.29 is 23.5 Å². The number of anilines is 1. The number of amides is 1. The molecule has 5 nitrogen and oxygen atoms in total. The van der Waals surface area contributed by atoms with Gasteiger partial charge in [-0.05, 0) is 35.4 Å². The Morgan fingerprint density at radius 3 is 2.41 bits per heavy atom. The molecule has 0 unspecified atom stereocenters. The average Bonchev–Trinajstić information content (AvgIpc) is 2.72. The molecule has 0 bridgehead atoms. The first kappa shape index (κ1) is 20.1. The molecule has 0 aromatic heterocycles. The molecule has 0 aliphatic rings. The number of hydrogen-bond donors (Lipinski definition) is 1. The molecular formula is C23H20FNO4. The van der Waals surface area contributed by atoms with Gasteiger partial charge in [-0.3, -0.25) is 4.79 Å². The third-order valence-electron chi connectivity index (χ3n) is 4.03. The summed E-state index contributed by atoms with van der Waals surface area (Å²) in [6, 6.07) is 22.8. The van der Waals surface area contributed by atoms with E-state index in [0.29, 0.717) is 12.2 Å². The molecule has 0 aliphatic heterocycles. The van der Waals surface area contributed by atoms with Gasteiger partial charge in [0.2, 0.25) is 0 Å². The van der Waals surface area contributed by atoms with Gasteiger partial charge in [0.15, 0.2) is 13.2 Å². The van der Waals surface area contributed by atoms with E-state index in [1.165, 1.54) is 24.3 Å². The molecule has 0 heterocycles. The second-order valence-corrected chi connectivity index (χ2v) is 6.28. The molecule has 0 fully saturated rings. The van der Waals surface area contributed by atoms with E-state index >= 15 is 0 Å². The molecular weight excluding hydrogens is 373 g/mol. The van der Waals surface area contributed by atoms with Gasteiger partial charge >= 0.3 is 5.97 Å². The smallest absolute Gasteiger partial charge is 0.344 e. The first-order chi connectivity index (χ1) is 14.1.